The highest BCUT2D eigenvalue weighted by Crippen LogP contribution is 2.36. The second-order valence-electron chi connectivity index (χ2n) is 5.95. The molecule has 0 spiro atoms. The number of anilines is 1. The molecule has 0 radical (unpaired) electrons. The summed E-state index contributed by atoms with van der Waals surface area (Å²) in [5.74, 6) is 0.0816. The lowest BCUT2D eigenvalue weighted by molar-refractivity contribution is -0.126. The third-order valence-electron chi connectivity index (χ3n) is 4.39. The summed E-state index contributed by atoms with van der Waals surface area (Å²) in [6.07, 6.45) is 7.06. The molecule has 0 atom stereocenters. The van der Waals surface area contributed by atoms with E-state index in [-0.39, 0.29) is 17.4 Å². The molecule has 1 amide bonds. The summed E-state index contributed by atoms with van der Waals surface area (Å²) in [4.78, 5) is 19.9. The maximum Gasteiger partial charge on any atom is 0.230 e. The third kappa shape index (κ3) is 2.29. The Labute approximate surface area is 118 Å². The van der Waals surface area contributed by atoms with Crippen molar-refractivity contribution in [3.05, 3.63) is 24.5 Å². The average Bonchev–Trinajstić information content (AvgIpc) is 2.92. The summed E-state index contributed by atoms with van der Waals surface area (Å²) in [6.45, 7) is 2.03. The number of aromatic nitrogens is 2. The predicted molar refractivity (Wildman–Crippen MR) is 79.3 cm³/mol. The minimum atomic E-state index is -0.318. The van der Waals surface area contributed by atoms with Gasteiger partial charge in [0.25, 0.3) is 0 Å². The first kappa shape index (κ1) is 13.1. The van der Waals surface area contributed by atoms with Crippen molar-refractivity contribution in [2.24, 2.45) is 11.1 Å². The topological polar surface area (TPSA) is 83.8 Å². The number of aromatic amines is 1. The van der Waals surface area contributed by atoms with E-state index >= 15 is 0 Å². The number of amides is 1. The predicted octanol–water partition coefficient (Wildman–Crippen LogP) is 2.41. The molecule has 5 heteroatoms. The van der Waals surface area contributed by atoms with Crippen LogP contribution in [0.15, 0.2) is 24.5 Å². The minimum Gasteiger partial charge on any atom is -0.346 e. The largest absolute Gasteiger partial charge is 0.346 e. The van der Waals surface area contributed by atoms with Crippen molar-refractivity contribution in [1.82, 2.24) is 9.97 Å². The maximum atomic E-state index is 12.6. The monoisotopic (exact) mass is 272 g/mol. The van der Waals surface area contributed by atoms with Crippen LogP contribution in [0.4, 0.5) is 5.69 Å². The number of hydrogen-bond donors (Lipinski definition) is 3. The second kappa shape index (κ2) is 4.90. The molecule has 106 valence electrons. The summed E-state index contributed by atoms with van der Waals surface area (Å²) in [5, 5.41) is 4.00. The van der Waals surface area contributed by atoms with E-state index in [1.807, 2.05) is 25.3 Å². The average molecular weight is 272 g/mol. The maximum absolute atomic E-state index is 12.6. The van der Waals surface area contributed by atoms with Crippen molar-refractivity contribution in [1.29, 1.82) is 0 Å². The highest BCUT2D eigenvalue weighted by atomic mass is 16.2. The zero-order valence-electron chi connectivity index (χ0n) is 11.6. The highest BCUT2D eigenvalue weighted by Gasteiger charge is 2.36. The van der Waals surface area contributed by atoms with E-state index in [1.54, 1.807) is 6.20 Å². The molecule has 1 saturated carbocycles. The third-order valence-corrected chi connectivity index (χ3v) is 4.39. The normalized spacial score (nSPS) is 26.6. The van der Waals surface area contributed by atoms with Gasteiger partial charge in [-0.3, -0.25) is 4.79 Å². The van der Waals surface area contributed by atoms with Crippen LogP contribution < -0.4 is 11.1 Å². The van der Waals surface area contributed by atoms with Crippen LogP contribution in [0.2, 0.25) is 0 Å². The Morgan fingerprint density at radius 3 is 2.95 bits per heavy atom. The van der Waals surface area contributed by atoms with Crippen LogP contribution in [0.25, 0.3) is 11.0 Å². The number of fused-ring (bicyclic) bond motifs is 1. The van der Waals surface area contributed by atoms with E-state index in [2.05, 4.69) is 15.3 Å². The van der Waals surface area contributed by atoms with Crippen LogP contribution in [-0.2, 0) is 4.79 Å². The Balaban J connectivity index is 1.80. The van der Waals surface area contributed by atoms with Crippen molar-refractivity contribution >= 4 is 22.6 Å². The number of nitrogens with zero attached hydrogens (tertiary/aromatic N) is 1. The molecule has 2 heterocycles. The summed E-state index contributed by atoms with van der Waals surface area (Å²) in [7, 11) is 0. The zero-order chi connectivity index (χ0) is 14.2. The number of nitrogens with one attached hydrogen (secondary N) is 2. The molecule has 4 N–H and O–H groups in total. The van der Waals surface area contributed by atoms with Gasteiger partial charge < -0.3 is 16.0 Å². The van der Waals surface area contributed by atoms with Crippen LogP contribution >= 0.6 is 0 Å². The second-order valence-corrected chi connectivity index (χ2v) is 5.95. The van der Waals surface area contributed by atoms with E-state index in [1.165, 1.54) is 0 Å². The number of pyridine rings is 1. The molecule has 20 heavy (non-hydrogen) atoms. The number of nitrogens with two attached hydrogens (primary N) is 1. The first-order chi connectivity index (χ1) is 9.58. The standard InChI is InChI=1S/C15H20N4O/c1-15(6-2-10(16)3-7-15)14(20)19-12-5-9-18-13-11(12)4-8-17-13/h4-5,8-10H,2-3,6-7,16H2,1H3,(H2,17,18,19,20). The van der Waals surface area contributed by atoms with Gasteiger partial charge in [-0.15, -0.1) is 0 Å². The zero-order valence-corrected chi connectivity index (χ0v) is 11.6. The van der Waals surface area contributed by atoms with E-state index in [9.17, 15) is 4.79 Å². The molecule has 1 aliphatic rings. The van der Waals surface area contributed by atoms with E-state index in [0.717, 1.165) is 42.4 Å². The van der Waals surface area contributed by atoms with Crippen molar-refractivity contribution in [3.63, 3.8) is 0 Å². The van der Waals surface area contributed by atoms with Crippen LogP contribution in [0.5, 0.6) is 0 Å². The SMILES string of the molecule is CC1(C(=O)Nc2ccnc3[nH]ccc23)CCC(N)CC1. The lowest BCUT2D eigenvalue weighted by atomic mass is 9.73. The van der Waals surface area contributed by atoms with E-state index in [0.29, 0.717) is 0 Å². The van der Waals surface area contributed by atoms with Crippen LogP contribution in [0.1, 0.15) is 32.6 Å². The van der Waals surface area contributed by atoms with E-state index in [4.69, 9.17) is 5.73 Å². The number of carbonyl (C=O) groups excluding carboxylic acids is 1. The number of rotatable bonds is 2. The molecule has 0 saturated heterocycles. The van der Waals surface area contributed by atoms with Gasteiger partial charge in [0.05, 0.1) is 5.69 Å². The number of carbonyl (C=O) groups is 1. The van der Waals surface area contributed by atoms with Crippen LogP contribution in [0.3, 0.4) is 0 Å². The molecule has 0 aromatic carbocycles. The smallest absolute Gasteiger partial charge is 0.230 e. The number of H-pyrrole nitrogens is 1. The van der Waals surface area contributed by atoms with Crippen molar-refractivity contribution < 1.29 is 4.79 Å². The fraction of sp³-hybridized carbons (Fsp3) is 0.467. The van der Waals surface area contributed by atoms with Gasteiger partial charge in [-0.25, -0.2) is 4.98 Å². The molecule has 0 aliphatic heterocycles. The number of hydrogen-bond acceptors (Lipinski definition) is 3. The van der Waals surface area contributed by atoms with Gasteiger partial charge in [-0.2, -0.15) is 0 Å². The lowest BCUT2D eigenvalue weighted by Gasteiger charge is -2.34. The van der Waals surface area contributed by atoms with Gasteiger partial charge in [0.1, 0.15) is 5.65 Å². The van der Waals surface area contributed by atoms with Crippen molar-refractivity contribution in [3.8, 4) is 0 Å². The first-order valence-electron chi connectivity index (χ1n) is 7.08. The molecule has 0 unspecified atom stereocenters. The van der Waals surface area contributed by atoms with Crippen LogP contribution in [-0.4, -0.2) is 21.9 Å². The fourth-order valence-electron chi connectivity index (χ4n) is 2.85. The molecular weight excluding hydrogens is 252 g/mol. The lowest BCUT2D eigenvalue weighted by Crippen LogP contribution is -2.40. The van der Waals surface area contributed by atoms with Crippen molar-refractivity contribution in [2.75, 3.05) is 5.32 Å². The van der Waals surface area contributed by atoms with Gasteiger partial charge in [-0.05, 0) is 37.8 Å². The molecule has 5 nitrogen and oxygen atoms in total. The Morgan fingerprint density at radius 1 is 1.45 bits per heavy atom. The van der Waals surface area contributed by atoms with Gasteiger partial charge in [0.2, 0.25) is 5.91 Å². The van der Waals surface area contributed by atoms with Crippen molar-refractivity contribution in [2.45, 2.75) is 38.6 Å². The highest BCUT2D eigenvalue weighted by molar-refractivity contribution is 6.02. The molecule has 1 aliphatic carbocycles. The summed E-state index contributed by atoms with van der Waals surface area (Å²) in [5.41, 5.74) is 7.21. The molecule has 0 bridgehead atoms. The molecular formula is C15H20N4O. The van der Waals surface area contributed by atoms with Gasteiger partial charge in [-0.1, -0.05) is 6.92 Å². The van der Waals surface area contributed by atoms with E-state index < -0.39 is 0 Å². The molecule has 3 rings (SSSR count). The minimum absolute atomic E-state index is 0.0816. The molecule has 2 aromatic rings. The summed E-state index contributed by atoms with van der Waals surface area (Å²) >= 11 is 0. The van der Waals surface area contributed by atoms with Gasteiger partial charge >= 0.3 is 0 Å². The van der Waals surface area contributed by atoms with Crippen LogP contribution in [0, 0.1) is 5.41 Å². The van der Waals surface area contributed by atoms with Gasteiger partial charge in [0.15, 0.2) is 0 Å². The molecule has 1 fully saturated rings. The summed E-state index contributed by atoms with van der Waals surface area (Å²) in [6, 6.07) is 4.01. The molecule has 2 aromatic heterocycles. The fourth-order valence-corrected chi connectivity index (χ4v) is 2.85. The Hall–Kier alpha value is -1.88. The quantitative estimate of drug-likeness (QED) is 0.785. The van der Waals surface area contributed by atoms with Gasteiger partial charge in [0, 0.05) is 29.2 Å². The Morgan fingerprint density at radius 2 is 2.20 bits per heavy atom. The summed E-state index contributed by atoms with van der Waals surface area (Å²) < 4.78 is 0. The first-order valence-corrected chi connectivity index (χ1v) is 7.08. The Kier molecular flexibility index (Phi) is 3.22. The Bertz CT molecular complexity index is 626.